The zero-order valence-corrected chi connectivity index (χ0v) is 14.2. The first kappa shape index (κ1) is 17.4. The van der Waals surface area contributed by atoms with Crippen LogP contribution in [0, 0.1) is 5.82 Å². The van der Waals surface area contributed by atoms with Gasteiger partial charge in [0.1, 0.15) is 17.6 Å². The average molecular weight is 343 g/mol. The van der Waals surface area contributed by atoms with E-state index in [1.807, 2.05) is 29.2 Å². The van der Waals surface area contributed by atoms with E-state index in [1.165, 1.54) is 12.1 Å². The lowest BCUT2D eigenvalue weighted by atomic mass is 9.91. The summed E-state index contributed by atoms with van der Waals surface area (Å²) in [5, 5.41) is 9.67. The third-order valence-corrected chi connectivity index (χ3v) is 4.76. The zero-order valence-electron chi connectivity index (χ0n) is 14.2. The summed E-state index contributed by atoms with van der Waals surface area (Å²) in [7, 11) is 1.60. The summed E-state index contributed by atoms with van der Waals surface area (Å²) in [4.78, 5) is 13.8. The van der Waals surface area contributed by atoms with E-state index in [-0.39, 0.29) is 11.9 Å². The second-order valence-electron chi connectivity index (χ2n) is 6.32. The molecule has 0 radical (unpaired) electrons. The predicted octanol–water partition coefficient (Wildman–Crippen LogP) is 3.86. The number of methoxy groups -OCH3 is 1. The fraction of sp³-hybridized carbons (Fsp3) is 0.350. The van der Waals surface area contributed by atoms with Crippen molar-refractivity contribution in [2.45, 2.75) is 31.3 Å². The Morgan fingerprint density at radius 3 is 2.64 bits per heavy atom. The second-order valence-corrected chi connectivity index (χ2v) is 6.32. The summed E-state index contributed by atoms with van der Waals surface area (Å²) in [6.45, 7) is 0.691. The molecule has 2 aromatic carbocycles. The molecular weight excluding hydrogens is 321 g/mol. The Morgan fingerprint density at radius 1 is 1.20 bits per heavy atom. The van der Waals surface area contributed by atoms with Crippen molar-refractivity contribution >= 4 is 5.97 Å². The van der Waals surface area contributed by atoms with Crippen LogP contribution in [-0.2, 0) is 4.79 Å². The Kier molecular flexibility index (Phi) is 5.34. The molecule has 1 fully saturated rings. The number of carboxylic acids is 1. The third kappa shape index (κ3) is 3.82. The highest BCUT2D eigenvalue weighted by molar-refractivity contribution is 5.73. The van der Waals surface area contributed by atoms with Crippen LogP contribution in [0.5, 0.6) is 5.75 Å². The molecule has 5 heteroatoms. The Balaban J connectivity index is 2.07. The summed E-state index contributed by atoms with van der Waals surface area (Å²) in [5.41, 5.74) is 1.82. The first-order valence-electron chi connectivity index (χ1n) is 8.48. The van der Waals surface area contributed by atoms with Crippen LogP contribution in [0.1, 0.15) is 36.4 Å². The highest BCUT2D eigenvalue weighted by atomic mass is 19.1. The van der Waals surface area contributed by atoms with Gasteiger partial charge < -0.3 is 9.84 Å². The van der Waals surface area contributed by atoms with Crippen LogP contribution in [0.25, 0.3) is 0 Å². The molecule has 2 unspecified atom stereocenters. The molecule has 0 aromatic heterocycles. The van der Waals surface area contributed by atoms with E-state index in [4.69, 9.17) is 4.74 Å². The number of carboxylic acid groups (broad SMARTS) is 1. The lowest BCUT2D eigenvalue weighted by molar-refractivity contribution is -0.145. The van der Waals surface area contributed by atoms with Crippen molar-refractivity contribution in [2.75, 3.05) is 13.7 Å². The number of carbonyl (C=O) groups is 1. The molecule has 1 saturated heterocycles. The van der Waals surface area contributed by atoms with Gasteiger partial charge in [-0.15, -0.1) is 0 Å². The van der Waals surface area contributed by atoms with Crippen LogP contribution in [0.2, 0.25) is 0 Å². The number of halogens is 1. The van der Waals surface area contributed by atoms with Crippen LogP contribution in [0.4, 0.5) is 4.39 Å². The molecule has 3 rings (SSSR count). The highest BCUT2D eigenvalue weighted by Crippen LogP contribution is 2.35. The van der Waals surface area contributed by atoms with Gasteiger partial charge in [-0.05, 0) is 54.8 Å². The Labute approximate surface area is 146 Å². The number of likely N-dealkylation sites (tertiary alicyclic amines) is 1. The number of piperidine rings is 1. The highest BCUT2D eigenvalue weighted by Gasteiger charge is 2.35. The molecule has 1 N–H and O–H groups in total. The molecular formula is C20H22FNO3. The van der Waals surface area contributed by atoms with E-state index in [0.29, 0.717) is 18.7 Å². The predicted molar refractivity (Wildman–Crippen MR) is 93.2 cm³/mol. The van der Waals surface area contributed by atoms with E-state index < -0.39 is 12.0 Å². The molecule has 0 bridgehead atoms. The summed E-state index contributed by atoms with van der Waals surface area (Å²) in [6.07, 6.45) is 2.48. The van der Waals surface area contributed by atoms with Gasteiger partial charge in [0.25, 0.3) is 0 Å². The molecule has 1 aliphatic heterocycles. The molecule has 1 heterocycles. The van der Waals surface area contributed by atoms with Gasteiger partial charge >= 0.3 is 5.97 Å². The molecule has 25 heavy (non-hydrogen) atoms. The molecule has 2 aromatic rings. The number of rotatable bonds is 5. The van der Waals surface area contributed by atoms with Gasteiger partial charge in [-0.3, -0.25) is 9.69 Å². The van der Waals surface area contributed by atoms with E-state index in [2.05, 4.69) is 0 Å². The molecule has 0 aliphatic carbocycles. The van der Waals surface area contributed by atoms with Crippen molar-refractivity contribution in [3.63, 3.8) is 0 Å². The monoisotopic (exact) mass is 343 g/mol. The maximum Gasteiger partial charge on any atom is 0.320 e. The van der Waals surface area contributed by atoms with E-state index in [0.717, 1.165) is 24.0 Å². The number of benzene rings is 2. The van der Waals surface area contributed by atoms with Crippen molar-refractivity contribution in [2.24, 2.45) is 0 Å². The van der Waals surface area contributed by atoms with Gasteiger partial charge in [0.05, 0.1) is 13.2 Å². The van der Waals surface area contributed by atoms with Crippen LogP contribution in [0.3, 0.4) is 0 Å². The lowest BCUT2D eigenvalue weighted by Gasteiger charge is -2.39. The molecule has 2 atom stereocenters. The molecule has 0 spiro atoms. The lowest BCUT2D eigenvalue weighted by Crippen LogP contribution is -2.46. The van der Waals surface area contributed by atoms with Gasteiger partial charge in [0, 0.05) is 0 Å². The first-order valence-corrected chi connectivity index (χ1v) is 8.48. The summed E-state index contributed by atoms with van der Waals surface area (Å²) >= 11 is 0. The molecule has 1 aliphatic rings. The third-order valence-electron chi connectivity index (χ3n) is 4.76. The quantitative estimate of drug-likeness (QED) is 0.895. The van der Waals surface area contributed by atoms with Crippen molar-refractivity contribution in [1.82, 2.24) is 4.90 Å². The van der Waals surface area contributed by atoms with Gasteiger partial charge in [0.15, 0.2) is 0 Å². The molecule has 4 nitrogen and oxygen atoms in total. The summed E-state index contributed by atoms with van der Waals surface area (Å²) in [6, 6.07) is 13.1. The summed E-state index contributed by atoms with van der Waals surface area (Å²) < 4.78 is 18.7. The van der Waals surface area contributed by atoms with E-state index in [1.54, 1.807) is 19.2 Å². The van der Waals surface area contributed by atoms with Crippen LogP contribution in [-0.4, -0.2) is 35.7 Å². The van der Waals surface area contributed by atoms with Crippen molar-refractivity contribution in [3.8, 4) is 5.75 Å². The normalized spacial score (nSPS) is 19.4. The van der Waals surface area contributed by atoms with Gasteiger partial charge in [-0.1, -0.05) is 30.7 Å². The Bertz CT molecular complexity index is 732. The maximum atomic E-state index is 13.4. The Hall–Kier alpha value is -2.40. The van der Waals surface area contributed by atoms with Crippen LogP contribution in [0.15, 0.2) is 48.5 Å². The Morgan fingerprint density at radius 2 is 1.96 bits per heavy atom. The van der Waals surface area contributed by atoms with Crippen molar-refractivity contribution < 1.29 is 19.0 Å². The average Bonchev–Trinajstić information content (AvgIpc) is 2.64. The maximum absolute atomic E-state index is 13.4. The number of ether oxygens (including phenoxy) is 1. The van der Waals surface area contributed by atoms with Crippen LogP contribution < -0.4 is 4.74 Å². The number of nitrogens with zero attached hydrogens (tertiary/aromatic N) is 1. The van der Waals surface area contributed by atoms with Gasteiger partial charge in [0.2, 0.25) is 0 Å². The van der Waals surface area contributed by atoms with Crippen LogP contribution >= 0.6 is 0 Å². The molecule has 0 amide bonds. The van der Waals surface area contributed by atoms with E-state index in [9.17, 15) is 14.3 Å². The zero-order chi connectivity index (χ0) is 17.8. The molecule has 132 valence electrons. The van der Waals surface area contributed by atoms with Crippen molar-refractivity contribution in [3.05, 3.63) is 65.5 Å². The smallest absolute Gasteiger partial charge is 0.320 e. The number of aliphatic carboxylic acids is 1. The molecule has 0 saturated carbocycles. The number of hydrogen-bond donors (Lipinski definition) is 1. The van der Waals surface area contributed by atoms with Crippen molar-refractivity contribution in [1.29, 1.82) is 0 Å². The minimum Gasteiger partial charge on any atom is -0.497 e. The fourth-order valence-corrected chi connectivity index (χ4v) is 3.56. The minimum absolute atomic E-state index is 0.253. The first-order chi connectivity index (χ1) is 12.1. The second kappa shape index (κ2) is 7.66. The summed E-state index contributed by atoms with van der Waals surface area (Å²) in [5.74, 6) is -0.398. The minimum atomic E-state index is -0.810. The fourth-order valence-electron chi connectivity index (χ4n) is 3.56. The standard InChI is InChI=1S/C20H22FNO3/c1-25-17-6-4-5-15(13-17)19(14-8-10-16(21)11-9-14)22-12-3-2-7-18(22)20(23)24/h4-6,8-11,13,18-19H,2-3,7,12H2,1H3,(H,23,24). The largest absolute Gasteiger partial charge is 0.497 e. The van der Waals surface area contributed by atoms with E-state index >= 15 is 0 Å². The number of hydrogen-bond acceptors (Lipinski definition) is 3. The van der Waals surface area contributed by atoms with Gasteiger partial charge in [-0.25, -0.2) is 4.39 Å². The topological polar surface area (TPSA) is 49.8 Å². The van der Waals surface area contributed by atoms with Gasteiger partial charge in [-0.2, -0.15) is 0 Å². The SMILES string of the molecule is COc1cccc(C(c2ccc(F)cc2)N2CCCCC2C(=O)O)c1.